The summed E-state index contributed by atoms with van der Waals surface area (Å²) in [6.07, 6.45) is 2.55. The van der Waals surface area contributed by atoms with E-state index in [1.54, 1.807) is 13.4 Å². The van der Waals surface area contributed by atoms with Gasteiger partial charge in [0.05, 0.1) is 11.8 Å². The summed E-state index contributed by atoms with van der Waals surface area (Å²) in [6.45, 7) is 3.40. The molecule has 1 heterocycles. The number of rotatable bonds is 9. The Morgan fingerprint density at radius 1 is 1.42 bits per heavy atom. The first-order chi connectivity index (χ1) is 11.6. The molecule has 2 aromatic rings. The third-order valence-corrected chi connectivity index (χ3v) is 4.64. The molecule has 0 radical (unpaired) electrons. The molecule has 1 aromatic carbocycles. The molecule has 0 aliphatic carbocycles. The Balaban J connectivity index is 1.80. The minimum Gasteiger partial charge on any atom is -0.385 e. The van der Waals surface area contributed by atoms with Crippen molar-refractivity contribution < 1.29 is 9.53 Å². The SMILES string of the molecule is COCCCn1cnnc1SCC(=O)N[C@H](C)c1ccc(Cl)cc1. The topological polar surface area (TPSA) is 69.0 Å². The van der Waals surface area contributed by atoms with Gasteiger partial charge < -0.3 is 14.6 Å². The monoisotopic (exact) mass is 368 g/mol. The van der Waals surface area contributed by atoms with Gasteiger partial charge in [0.1, 0.15) is 6.33 Å². The minimum absolute atomic E-state index is 0.0473. The molecule has 0 unspecified atom stereocenters. The first-order valence-electron chi connectivity index (χ1n) is 7.64. The zero-order valence-electron chi connectivity index (χ0n) is 13.7. The van der Waals surface area contributed by atoms with E-state index >= 15 is 0 Å². The lowest BCUT2D eigenvalue weighted by molar-refractivity contribution is -0.119. The number of aromatic nitrogens is 3. The molecule has 24 heavy (non-hydrogen) atoms. The zero-order valence-corrected chi connectivity index (χ0v) is 15.3. The average Bonchev–Trinajstić information content (AvgIpc) is 3.01. The van der Waals surface area contributed by atoms with E-state index in [1.807, 2.05) is 35.8 Å². The van der Waals surface area contributed by atoms with E-state index in [2.05, 4.69) is 15.5 Å². The fourth-order valence-corrected chi connectivity index (χ4v) is 3.02. The Hall–Kier alpha value is -1.57. The predicted octanol–water partition coefficient (Wildman–Crippen LogP) is 2.94. The second-order valence-corrected chi connectivity index (χ2v) is 6.66. The Kier molecular flexibility index (Phi) is 7.55. The molecular weight excluding hydrogens is 348 g/mol. The number of amides is 1. The normalized spacial score (nSPS) is 12.1. The Morgan fingerprint density at radius 2 is 2.17 bits per heavy atom. The van der Waals surface area contributed by atoms with Gasteiger partial charge in [-0.15, -0.1) is 10.2 Å². The van der Waals surface area contributed by atoms with Gasteiger partial charge in [-0.1, -0.05) is 35.5 Å². The van der Waals surface area contributed by atoms with Gasteiger partial charge in [0.2, 0.25) is 5.91 Å². The van der Waals surface area contributed by atoms with Gasteiger partial charge >= 0.3 is 0 Å². The number of carbonyl (C=O) groups excluding carboxylic acids is 1. The number of aryl methyl sites for hydroxylation is 1. The molecule has 0 saturated carbocycles. The lowest BCUT2D eigenvalue weighted by Crippen LogP contribution is -2.28. The molecule has 0 aliphatic rings. The van der Waals surface area contributed by atoms with Gasteiger partial charge in [0, 0.05) is 25.3 Å². The summed E-state index contributed by atoms with van der Waals surface area (Å²) in [5.74, 6) is 0.245. The van der Waals surface area contributed by atoms with Crippen LogP contribution in [0, 0.1) is 0 Å². The maximum Gasteiger partial charge on any atom is 0.230 e. The van der Waals surface area contributed by atoms with Crippen LogP contribution >= 0.6 is 23.4 Å². The van der Waals surface area contributed by atoms with Crippen molar-refractivity contribution in [3.63, 3.8) is 0 Å². The molecule has 0 fully saturated rings. The summed E-state index contributed by atoms with van der Waals surface area (Å²) in [6, 6.07) is 7.38. The molecule has 1 N–H and O–H groups in total. The van der Waals surface area contributed by atoms with Gasteiger partial charge in [-0.25, -0.2) is 0 Å². The Bertz CT molecular complexity index is 648. The molecule has 0 aliphatic heterocycles. The summed E-state index contributed by atoms with van der Waals surface area (Å²) >= 11 is 7.25. The summed E-state index contributed by atoms with van der Waals surface area (Å²) < 4.78 is 6.97. The van der Waals surface area contributed by atoms with Crippen LogP contribution in [0.1, 0.15) is 24.9 Å². The lowest BCUT2D eigenvalue weighted by atomic mass is 10.1. The number of methoxy groups -OCH3 is 1. The highest BCUT2D eigenvalue weighted by molar-refractivity contribution is 7.99. The van der Waals surface area contributed by atoms with Gasteiger partial charge in [-0.2, -0.15) is 0 Å². The highest BCUT2D eigenvalue weighted by Gasteiger charge is 2.12. The fourth-order valence-electron chi connectivity index (χ4n) is 2.14. The van der Waals surface area contributed by atoms with E-state index in [9.17, 15) is 4.79 Å². The molecule has 1 atom stereocenters. The molecule has 130 valence electrons. The zero-order chi connectivity index (χ0) is 17.4. The highest BCUT2D eigenvalue weighted by atomic mass is 35.5. The van der Waals surface area contributed by atoms with Gasteiger partial charge in [-0.3, -0.25) is 4.79 Å². The lowest BCUT2D eigenvalue weighted by Gasteiger charge is -2.14. The summed E-state index contributed by atoms with van der Waals surface area (Å²) in [7, 11) is 1.67. The van der Waals surface area contributed by atoms with Gasteiger partial charge in [-0.05, 0) is 31.0 Å². The number of thioether (sulfide) groups is 1. The molecule has 0 spiro atoms. The van der Waals surface area contributed by atoms with E-state index in [1.165, 1.54) is 11.8 Å². The van der Waals surface area contributed by atoms with Crippen LogP contribution in [0.3, 0.4) is 0 Å². The van der Waals surface area contributed by atoms with Crippen molar-refractivity contribution in [1.82, 2.24) is 20.1 Å². The average molecular weight is 369 g/mol. The second-order valence-electron chi connectivity index (χ2n) is 5.28. The van der Waals surface area contributed by atoms with Gasteiger partial charge in [0.25, 0.3) is 0 Å². The van der Waals surface area contributed by atoms with Crippen LogP contribution in [0.15, 0.2) is 35.7 Å². The van der Waals surface area contributed by atoms with Crippen molar-refractivity contribution in [3.8, 4) is 0 Å². The van der Waals surface area contributed by atoms with Crippen molar-refractivity contribution >= 4 is 29.3 Å². The van der Waals surface area contributed by atoms with E-state index in [0.717, 1.165) is 23.7 Å². The Labute approximate surface area is 150 Å². The summed E-state index contributed by atoms with van der Waals surface area (Å²) in [5.41, 5.74) is 1.01. The molecule has 6 nitrogen and oxygen atoms in total. The van der Waals surface area contributed by atoms with Crippen LogP contribution < -0.4 is 5.32 Å². The molecule has 0 bridgehead atoms. The molecular formula is C16H21ClN4O2S. The van der Waals surface area contributed by atoms with E-state index in [-0.39, 0.29) is 11.9 Å². The number of hydrogen-bond acceptors (Lipinski definition) is 5. The maximum atomic E-state index is 12.1. The second kappa shape index (κ2) is 9.66. The number of hydrogen-bond donors (Lipinski definition) is 1. The third kappa shape index (κ3) is 5.81. The highest BCUT2D eigenvalue weighted by Crippen LogP contribution is 2.18. The minimum atomic E-state index is -0.0741. The van der Waals surface area contributed by atoms with Crippen LogP contribution in [0.4, 0.5) is 0 Å². The molecule has 8 heteroatoms. The number of benzene rings is 1. The van der Waals surface area contributed by atoms with E-state index in [0.29, 0.717) is 17.4 Å². The largest absolute Gasteiger partial charge is 0.385 e. The quantitative estimate of drug-likeness (QED) is 0.544. The molecule has 1 amide bonds. The summed E-state index contributed by atoms with van der Waals surface area (Å²) in [5, 5.41) is 12.3. The van der Waals surface area contributed by atoms with Crippen molar-refractivity contribution in [2.45, 2.75) is 31.1 Å². The standard InChI is InChI=1S/C16H21ClN4O2S/c1-12(13-4-6-14(17)7-5-13)19-15(22)10-24-16-20-18-11-21(16)8-3-9-23-2/h4-7,11-12H,3,8-10H2,1-2H3,(H,19,22)/t12-/m1/s1. The predicted molar refractivity (Wildman–Crippen MR) is 95.2 cm³/mol. The first kappa shape index (κ1) is 18.8. The first-order valence-corrected chi connectivity index (χ1v) is 9.01. The Morgan fingerprint density at radius 3 is 2.88 bits per heavy atom. The number of carbonyl (C=O) groups is 1. The number of nitrogens with zero attached hydrogens (tertiary/aromatic N) is 3. The number of nitrogens with one attached hydrogen (secondary N) is 1. The molecule has 2 rings (SSSR count). The molecule has 1 aromatic heterocycles. The van der Waals surface area contributed by atoms with Crippen molar-refractivity contribution in [2.24, 2.45) is 0 Å². The third-order valence-electron chi connectivity index (χ3n) is 3.41. The van der Waals surface area contributed by atoms with Crippen molar-refractivity contribution in [1.29, 1.82) is 0 Å². The van der Waals surface area contributed by atoms with Crippen LogP contribution in [0.2, 0.25) is 5.02 Å². The maximum absolute atomic E-state index is 12.1. The number of ether oxygens (including phenoxy) is 1. The van der Waals surface area contributed by atoms with E-state index in [4.69, 9.17) is 16.3 Å². The van der Waals surface area contributed by atoms with E-state index < -0.39 is 0 Å². The van der Waals surface area contributed by atoms with Crippen LogP contribution in [-0.4, -0.2) is 40.1 Å². The fraction of sp³-hybridized carbons (Fsp3) is 0.438. The van der Waals surface area contributed by atoms with Crippen molar-refractivity contribution in [3.05, 3.63) is 41.2 Å². The van der Waals surface area contributed by atoms with Crippen LogP contribution in [0.25, 0.3) is 0 Å². The van der Waals surface area contributed by atoms with Crippen LogP contribution in [0.5, 0.6) is 0 Å². The molecule has 0 saturated heterocycles. The summed E-state index contributed by atoms with van der Waals surface area (Å²) in [4.78, 5) is 12.1. The van der Waals surface area contributed by atoms with Crippen LogP contribution in [-0.2, 0) is 16.1 Å². The number of halogens is 1. The smallest absolute Gasteiger partial charge is 0.230 e. The van der Waals surface area contributed by atoms with Gasteiger partial charge in [0.15, 0.2) is 5.16 Å². The van der Waals surface area contributed by atoms with Crippen molar-refractivity contribution in [2.75, 3.05) is 19.5 Å².